The monoisotopic (exact) mass is 434 g/mol. The van der Waals surface area contributed by atoms with Crippen LogP contribution in [0.3, 0.4) is 0 Å². The standard InChI is InChI=1S/C16H18ClF3N6O3/c17-15-23-11(10-7-25(5-6-28-10)29-14(27)16(18,19)20)12-13(24-15)26(8-22-12)9-1-3-21-4-2-9/h8-10,21H,1-7H2. The molecule has 0 aromatic carbocycles. The summed E-state index contributed by atoms with van der Waals surface area (Å²) >= 11 is 6.11. The predicted octanol–water partition coefficient (Wildman–Crippen LogP) is 1.80. The van der Waals surface area contributed by atoms with Crippen molar-refractivity contribution in [3.8, 4) is 0 Å². The highest BCUT2D eigenvalue weighted by molar-refractivity contribution is 6.28. The Balaban J connectivity index is 1.60. The molecule has 2 aliphatic rings. The fourth-order valence-electron chi connectivity index (χ4n) is 3.53. The molecule has 0 spiro atoms. The smallest absolute Gasteiger partial charge is 0.369 e. The van der Waals surface area contributed by atoms with E-state index in [1.165, 1.54) is 0 Å². The number of imidazole rings is 1. The van der Waals surface area contributed by atoms with Gasteiger partial charge < -0.3 is 19.5 Å². The number of rotatable bonds is 3. The lowest BCUT2D eigenvalue weighted by Crippen LogP contribution is -2.42. The maximum atomic E-state index is 12.5. The SMILES string of the molecule is O=C(ON1CCOC(c2nc(Cl)nc3c2ncn3C2CCNCC2)C1)C(F)(F)F. The van der Waals surface area contributed by atoms with Crippen LogP contribution in [0.2, 0.25) is 5.28 Å². The molecule has 0 bridgehead atoms. The van der Waals surface area contributed by atoms with Crippen molar-refractivity contribution < 1.29 is 27.5 Å². The van der Waals surface area contributed by atoms with Crippen molar-refractivity contribution in [1.29, 1.82) is 0 Å². The van der Waals surface area contributed by atoms with Crippen molar-refractivity contribution in [2.75, 3.05) is 32.8 Å². The first-order valence-corrected chi connectivity index (χ1v) is 9.47. The van der Waals surface area contributed by atoms with E-state index in [0.717, 1.165) is 31.0 Å². The van der Waals surface area contributed by atoms with Crippen LogP contribution in [0, 0.1) is 0 Å². The van der Waals surface area contributed by atoms with E-state index in [4.69, 9.17) is 16.3 Å². The quantitative estimate of drug-likeness (QED) is 0.731. The zero-order chi connectivity index (χ0) is 20.6. The van der Waals surface area contributed by atoms with Crippen LogP contribution in [-0.4, -0.2) is 69.5 Å². The molecule has 2 fully saturated rings. The number of nitrogens with zero attached hydrogens (tertiary/aromatic N) is 5. The number of morpholine rings is 1. The van der Waals surface area contributed by atoms with Crippen molar-refractivity contribution in [3.63, 3.8) is 0 Å². The average molecular weight is 435 g/mol. The van der Waals surface area contributed by atoms with Crippen LogP contribution in [0.1, 0.15) is 30.7 Å². The summed E-state index contributed by atoms with van der Waals surface area (Å²) in [6.07, 6.45) is -2.37. The molecule has 0 saturated carbocycles. The van der Waals surface area contributed by atoms with E-state index < -0.39 is 18.2 Å². The second-order valence-corrected chi connectivity index (χ2v) is 7.15. The van der Waals surface area contributed by atoms with E-state index in [9.17, 15) is 18.0 Å². The number of carbonyl (C=O) groups is 1. The van der Waals surface area contributed by atoms with Gasteiger partial charge in [-0.05, 0) is 37.5 Å². The first-order chi connectivity index (χ1) is 13.8. The number of ether oxygens (including phenoxy) is 1. The summed E-state index contributed by atoms with van der Waals surface area (Å²) in [6, 6.07) is 0.205. The molecule has 13 heteroatoms. The molecular formula is C16H18ClF3N6O3. The van der Waals surface area contributed by atoms with Gasteiger partial charge in [0.2, 0.25) is 5.28 Å². The van der Waals surface area contributed by atoms with Crippen molar-refractivity contribution >= 4 is 28.7 Å². The number of carbonyl (C=O) groups excluding carboxylic acids is 1. The van der Waals surface area contributed by atoms with Crippen LogP contribution in [0.4, 0.5) is 13.2 Å². The first kappa shape index (κ1) is 20.3. The van der Waals surface area contributed by atoms with Gasteiger partial charge >= 0.3 is 12.1 Å². The van der Waals surface area contributed by atoms with Crippen LogP contribution in [0.25, 0.3) is 11.2 Å². The molecule has 1 N–H and O–H groups in total. The minimum Gasteiger partial charge on any atom is -0.369 e. The van der Waals surface area contributed by atoms with E-state index in [2.05, 4.69) is 25.1 Å². The zero-order valence-electron chi connectivity index (χ0n) is 15.2. The Labute approximate surface area is 168 Å². The number of nitrogens with one attached hydrogen (secondary N) is 1. The second-order valence-electron chi connectivity index (χ2n) is 6.81. The summed E-state index contributed by atoms with van der Waals surface area (Å²) in [5, 5.41) is 4.19. The number of hydrogen-bond donors (Lipinski definition) is 1. The lowest BCUT2D eigenvalue weighted by molar-refractivity contribution is -0.253. The van der Waals surface area contributed by atoms with Gasteiger partial charge in [-0.15, -0.1) is 5.06 Å². The van der Waals surface area contributed by atoms with Gasteiger partial charge in [-0.3, -0.25) is 0 Å². The largest absolute Gasteiger partial charge is 0.492 e. The summed E-state index contributed by atoms with van der Waals surface area (Å²) in [4.78, 5) is 28.5. The molecular weight excluding hydrogens is 417 g/mol. The number of fused-ring (bicyclic) bond motifs is 1. The summed E-state index contributed by atoms with van der Waals surface area (Å²) in [6.45, 7) is 1.67. The predicted molar refractivity (Wildman–Crippen MR) is 93.9 cm³/mol. The lowest BCUT2D eigenvalue weighted by Gasteiger charge is -2.31. The molecule has 0 radical (unpaired) electrons. The summed E-state index contributed by atoms with van der Waals surface area (Å²) in [7, 11) is 0. The van der Waals surface area contributed by atoms with Gasteiger partial charge in [-0.1, -0.05) is 0 Å². The number of piperidine rings is 1. The van der Waals surface area contributed by atoms with Crippen molar-refractivity contribution in [1.82, 2.24) is 29.9 Å². The third-order valence-corrected chi connectivity index (χ3v) is 5.07. The summed E-state index contributed by atoms with van der Waals surface area (Å²) in [5.74, 6) is -2.28. The van der Waals surface area contributed by atoms with Crippen molar-refractivity contribution in [2.24, 2.45) is 0 Å². The van der Waals surface area contributed by atoms with Gasteiger partial charge in [0.1, 0.15) is 17.3 Å². The molecule has 4 heterocycles. The van der Waals surface area contributed by atoms with E-state index in [1.54, 1.807) is 6.33 Å². The van der Waals surface area contributed by atoms with Crippen LogP contribution in [0.5, 0.6) is 0 Å². The van der Waals surface area contributed by atoms with E-state index in [-0.39, 0.29) is 31.0 Å². The molecule has 2 aliphatic heterocycles. The Morgan fingerprint density at radius 2 is 2.07 bits per heavy atom. The Morgan fingerprint density at radius 3 is 2.79 bits per heavy atom. The highest BCUT2D eigenvalue weighted by atomic mass is 35.5. The third kappa shape index (κ3) is 4.29. The molecule has 2 saturated heterocycles. The number of halogens is 4. The van der Waals surface area contributed by atoms with Crippen molar-refractivity contribution in [3.05, 3.63) is 17.3 Å². The molecule has 2 aromatic rings. The maximum absolute atomic E-state index is 12.5. The highest BCUT2D eigenvalue weighted by Gasteiger charge is 2.43. The van der Waals surface area contributed by atoms with Crippen LogP contribution in [0.15, 0.2) is 6.33 Å². The first-order valence-electron chi connectivity index (χ1n) is 9.09. The Kier molecular flexibility index (Phi) is 5.60. The van der Waals surface area contributed by atoms with Gasteiger partial charge in [0.25, 0.3) is 0 Å². The molecule has 2 aromatic heterocycles. The molecule has 0 amide bonds. The Bertz CT molecular complexity index is 902. The zero-order valence-corrected chi connectivity index (χ0v) is 15.9. The van der Waals surface area contributed by atoms with E-state index in [0.29, 0.717) is 16.9 Å². The molecule has 1 unspecified atom stereocenters. The topological polar surface area (TPSA) is 94.4 Å². The average Bonchev–Trinajstić information content (AvgIpc) is 3.11. The maximum Gasteiger partial charge on any atom is 0.492 e. The van der Waals surface area contributed by atoms with Gasteiger partial charge in [0, 0.05) is 6.04 Å². The number of alkyl halides is 3. The van der Waals surface area contributed by atoms with Crippen LogP contribution < -0.4 is 5.32 Å². The fraction of sp³-hybridized carbons (Fsp3) is 0.625. The van der Waals surface area contributed by atoms with Crippen molar-refractivity contribution in [2.45, 2.75) is 31.2 Å². The van der Waals surface area contributed by atoms with Gasteiger partial charge in [0.15, 0.2) is 5.65 Å². The molecule has 29 heavy (non-hydrogen) atoms. The summed E-state index contributed by atoms with van der Waals surface area (Å²) in [5.41, 5.74) is 1.35. The van der Waals surface area contributed by atoms with E-state index >= 15 is 0 Å². The van der Waals surface area contributed by atoms with Crippen LogP contribution >= 0.6 is 11.6 Å². The van der Waals surface area contributed by atoms with Gasteiger partial charge in [-0.2, -0.15) is 18.2 Å². The number of aromatic nitrogens is 4. The molecule has 0 aliphatic carbocycles. The minimum absolute atomic E-state index is 0.00376. The fourth-order valence-corrected chi connectivity index (χ4v) is 3.70. The Morgan fingerprint density at radius 1 is 1.31 bits per heavy atom. The summed E-state index contributed by atoms with van der Waals surface area (Å²) < 4.78 is 45.0. The lowest BCUT2D eigenvalue weighted by atomic mass is 10.1. The van der Waals surface area contributed by atoms with Crippen LogP contribution in [-0.2, 0) is 14.4 Å². The second kappa shape index (κ2) is 8.01. The molecule has 1 atom stereocenters. The molecule has 9 nitrogen and oxygen atoms in total. The molecule has 158 valence electrons. The normalized spacial score (nSPS) is 22.1. The highest BCUT2D eigenvalue weighted by Crippen LogP contribution is 2.30. The van der Waals surface area contributed by atoms with Gasteiger partial charge in [0.05, 0.1) is 26.0 Å². The van der Waals surface area contributed by atoms with Gasteiger partial charge in [-0.25, -0.2) is 14.8 Å². The third-order valence-electron chi connectivity index (χ3n) is 4.90. The number of hydrogen-bond acceptors (Lipinski definition) is 8. The van der Waals surface area contributed by atoms with E-state index in [1.807, 2.05) is 4.57 Å². The molecule has 4 rings (SSSR count). The number of hydroxylamine groups is 2. The Hall–Kier alpha value is -2.02. The minimum atomic E-state index is -5.08.